The van der Waals surface area contributed by atoms with Crippen LogP contribution >= 0.6 is 35.1 Å². The van der Waals surface area contributed by atoms with Crippen molar-refractivity contribution >= 4 is 41.1 Å². The molecule has 1 N–H and O–H groups in total. The van der Waals surface area contributed by atoms with Crippen LogP contribution in [-0.2, 0) is 11.3 Å². The maximum absolute atomic E-state index is 15.4. The highest BCUT2D eigenvalue weighted by Gasteiger charge is 2.46. The van der Waals surface area contributed by atoms with Crippen molar-refractivity contribution in [1.82, 2.24) is 9.62 Å². The number of nitrogens with zero attached hydrogens (tertiary/aromatic N) is 1. The van der Waals surface area contributed by atoms with Gasteiger partial charge in [-0.1, -0.05) is 30.1 Å². The van der Waals surface area contributed by atoms with E-state index in [0.717, 1.165) is 30.4 Å². The highest BCUT2D eigenvalue weighted by molar-refractivity contribution is 7.99. The molecule has 4 nitrogen and oxygen atoms in total. The van der Waals surface area contributed by atoms with Gasteiger partial charge < -0.3 is 4.74 Å². The minimum atomic E-state index is -1.47. The van der Waals surface area contributed by atoms with E-state index in [0.29, 0.717) is 15.6 Å². The van der Waals surface area contributed by atoms with E-state index < -0.39 is 17.4 Å². The van der Waals surface area contributed by atoms with Crippen molar-refractivity contribution in [2.75, 3.05) is 19.7 Å². The summed E-state index contributed by atoms with van der Waals surface area (Å²) in [6.45, 7) is 8.47. The zero-order valence-electron chi connectivity index (χ0n) is 21.7. The van der Waals surface area contributed by atoms with Gasteiger partial charge in [0.15, 0.2) is 5.67 Å². The molecule has 2 fully saturated rings. The molecule has 1 aliphatic carbocycles. The second-order valence-corrected chi connectivity index (χ2v) is 13.6. The molecule has 1 amide bonds. The monoisotopic (exact) mass is 570 g/mol. The van der Waals surface area contributed by atoms with Crippen molar-refractivity contribution < 1.29 is 18.3 Å². The molecule has 0 aromatic heterocycles. The first-order valence-electron chi connectivity index (χ1n) is 12.6. The Morgan fingerprint density at radius 1 is 1.19 bits per heavy atom. The fraction of sp³-hybridized carbons (Fsp3) is 0.536. The smallest absolute Gasteiger partial charge is 0.264 e. The standard InChI is InChI=1S/C28H34Cl2F2N2O2S/c1-5-25(18-8-20(29)11-21(30)9-18)34-14-28(32,15-34)16-36-13-19-10-24(31)23(12-22(19)17-6-7-17)26(35)33-37-27(2,3)4/h8-12,17,25H,5-7,13-16H2,1-4H3,(H,33,35). The van der Waals surface area contributed by atoms with E-state index in [4.69, 9.17) is 27.9 Å². The Morgan fingerprint density at radius 3 is 2.41 bits per heavy atom. The lowest BCUT2D eigenvalue weighted by molar-refractivity contribution is -0.107. The van der Waals surface area contributed by atoms with Crippen LogP contribution in [-0.4, -0.2) is 40.9 Å². The number of hydrogen-bond acceptors (Lipinski definition) is 4. The lowest BCUT2D eigenvalue weighted by Crippen LogP contribution is -2.62. The van der Waals surface area contributed by atoms with E-state index in [2.05, 4.69) is 9.62 Å². The third-order valence-electron chi connectivity index (χ3n) is 6.63. The molecule has 1 atom stereocenters. The molecule has 9 heteroatoms. The summed E-state index contributed by atoms with van der Waals surface area (Å²) in [5, 5.41) is 1.12. The lowest BCUT2D eigenvalue weighted by Gasteiger charge is -2.48. The summed E-state index contributed by atoms with van der Waals surface area (Å²) in [4.78, 5) is 14.6. The number of likely N-dealkylation sites (tertiary alicyclic amines) is 1. The molecule has 1 heterocycles. The van der Waals surface area contributed by atoms with Gasteiger partial charge in [-0.05, 0) is 105 Å². The van der Waals surface area contributed by atoms with Crippen LogP contribution in [0.1, 0.15) is 86.0 Å². The molecule has 37 heavy (non-hydrogen) atoms. The molecular formula is C28H34Cl2F2N2O2S. The average molecular weight is 572 g/mol. The van der Waals surface area contributed by atoms with Crippen molar-refractivity contribution in [1.29, 1.82) is 0 Å². The summed E-state index contributed by atoms with van der Waals surface area (Å²) < 4.78 is 38.6. The van der Waals surface area contributed by atoms with Crippen molar-refractivity contribution in [3.05, 3.63) is 68.4 Å². The van der Waals surface area contributed by atoms with Gasteiger partial charge in [-0.25, -0.2) is 8.78 Å². The van der Waals surface area contributed by atoms with E-state index >= 15 is 4.39 Å². The second kappa shape index (κ2) is 11.4. The number of ether oxygens (including phenoxy) is 1. The first-order valence-corrected chi connectivity index (χ1v) is 14.2. The van der Waals surface area contributed by atoms with Crippen molar-refractivity contribution in [2.45, 2.75) is 75.9 Å². The minimum Gasteiger partial charge on any atom is -0.373 e. The highest BCUT2D eigenvalue weighted by Crippen LogP contribution is 2.43. The molecule has 0 bridgehead atoms. The number of benzene rings is 2. The third kappa shape index (κ3) is 7.39. The second-order valence-electron chi connectivity index (χ2n) is 11.1. The maximum atomic E-state index is 15.4. The predicted molar refractivity (Wildman–Crippen MR) is 148 cm³/mol. The molecule has 1 unspecified atom stereocenters. The Hall–Kier alpha value is -1.38. The minimum absolute atomic E-state index is 0.0192. The first kappa shape index (κ1) is 28.6. The average Bonchev–Trinajstić information content (AvgIpc) is 3.61. The Morgan fingerprint density at radius 2 is 1.84 bits per heavy atom. The Kier molecular flexibility index (Phi) is 8.81. The SMILES string of the molecule is CCC(c1cc(Cl)cc(Cl)c1)N1CC(F)(COCc2cc(F)c(C(=O)NSC(C)(C)C)cc2C2CC2)C1. The summed E-state index contributed by atoms with van der Waals surface area (Å²) in [6, 6.07) is 8.46. The molecular weight excluding hydrogens is 537 g/mol. The zero-order valence-corrected chi connectivity index (χ0v) is 24.0. The van der Waals surface area contributed by atoms with Gasteiger partial charge in [0, 0.05) is 33.9 Å². The van der Waals surface area contributed by atoms with Crippen LogP contribution in [0.2, 0.25) is 10.0 Å². The summed E-state index contributed by atoms with van der Waals surface area (Å²) in [5.41, 5.74) is 1.13. The van der Waals surface area contributed by atoms with Crippen LogP contribution < -0.4 is 4.72 Å². The number of nitrogens with one attached hydrogen (secondary N) is 1. The molecule has 0 spiro atoms. The summed E-state index contributed by atoms with van der Waals surface area (Å²) in [5.74, 6) is -0.754. The number of halogens is 4. The summed E-state index contributed by atoms with van der Waals surface area (Å²) >= 11 is 13.6. The number of hydrogen-bond donors (Lipinski definition) is 1. The normalized spacial score (nSPS) is 18.4. The largest absolute Gasteiger partial charge is 0.373 e. The fourth-order valence-electron chi connectivity index (χ4n) is 4.77. The van der Waals surface area contributed by atoms with Gasteiger partial charge in [0.1, 0.15) is 5.82 Å². The van der Waals surface area contributed by atoms with E-state index in [1.807, 2.05) is 39.8 Å². The van der Waals surface area contributed by atoms with Crippen molar-refractivity contribution in [3.8, 4) is 0 Å². The van der Waals surface area contributed by atoms with Crippen LogP contribution in [0.3, 0.4) is 0 Å². The number of carbonyl (C=O) groups is 1. The molecule has 0 radical (unpaired) electrons. The summed E-state index contributed by atoms with van der Waals surface area (Å²) in [7, 11) is 0. The molecule has 1 saturated heterocycles. The number of alkyl halides is 1. The molecule has 1 aliphatic heterocycles. The van der Waals surface area contributed by atoms with Crippen LogP contribution in [0.15, 0.2) is 30.3 Å². The summed E-state index contributed by atoms with van der Waals surface area (Å²) in [6.07, 6.45) is 2.78. The van der Waals surface area contributed by atoms with Crippen LogP contribution in [0.25, 0.3) is 0 Å². The maximum Gasteiger partial charge on any atom is 0.264 e. The van der Waals surface area contributed by atoms with Gasteiger partial charge >= 0.3 is 0 Å². The van der Waals surface area contributed by atoms with Crippen LogP contribution in [0.5, 0.6) is 0 Å². The van der Waals surface area contributed by atoms with E-state index in [1.165, 1.54) is 18.0 Å². The van der Waals surface area contributed by atoms with E-state index in [-0.39, 0.29) is 48.6 Å². The van der Waals surface area contributed by atoms with Gasteiger partial charge in [0.2, 0.25) is 0 Å². The fourth-order valence-corrected chi connectivity index (χ4v) is 5.82. The van der Waals surface area contributed by atoms with Gasteiger partial charge in [-0.2, -0.15) is 0 Å². The van der Waals surface area contributed by atoms with Gasteiger partial charge in [-0.15, -0.1) is 0 Å². The Balaban J connectivity index is 1.36. The third-order valence-corrected chi connectivity index (χ3v) is 7.97. The molecule has 2 aliphatic rings. The van der Waals surface area contributed by atoms with E-state index in [1.54, 1.807) is 12.1 Å². The number of rotatable bonds is 10. The highest BCUT2D eigenvalue weighted by atomic mass is 35.5. The topological polar surface area (TPSA) is 41.6 Å². The molecule has 2 aromatic carbocycles. The lowest BCUT2D eigenvalue weighted by atomic mass is 9.91. The number of amides is 1. The predicted octanol–water partition coefficient (Wildman–Crippen LogP) is 7.88. The Labute approximate surface area is 232 Å². The molecule has 202 valence electrons. The Bertz CT molecular complexity index is 1130. The van der Waals surface area contributed by atoms with Crippen LogP contribution in [0.4, 0.5) is 8.78 Å². The van der Waals surface area contributed by atoms with Gasteiger partial charge in [-0.3, -0.25) is 14.4 Å². The van der Waals surface area contributed by atoms with Crippen molar-refractivity contribution in [2.24, 2.45) is 0 Å². The van der Waals surface area contributed by atoms with E-state index in [9.17, 15) is 9.18 Å². The number of carbonyl (C=O) groups excluding carboxylic acids is 1. The van der Waals surface area contributed by atoms with Gasteiger partial charge in [0.05, 0.1) is 18.8 Å². The first-order chi connectivity index (χ1) is 17.4. The van der Waals surface area contributed by atoms with Gasteiger partial charge in [0.25, 0.3) is 5.91 Å². The quantitative estimate of drug-likeness (QED) is 0.295. The molecule has 1 saturated carbocycles. The van der Waals surface area contributed by atoms with Crippen LogP contribution in [0, 0.1) is 5.82 Å². The zero-order chi connectivity index (χ0) is 27.0. The van der Waals surface area contributed by atoms with Crippen molar-refractivity contribution in [3.63, 3.8) is 0 Å². The molecule has 2 aromatic rings. The molecule has 4 rings (SSSR count).